The Morgan fingerprint density at radius 1 is 0.711 bits per heavy atom. The summed E-state index contributed by atoms with van der Waals surface area (Å²) in [7, 11) is 0. The summed E-state index contributed by atoms with van der Waals surface area (Å²) in [5.74, 6) is -0.850. The number of nitrogens with one attached hydrogen (secondary N) is 3. The van der Waals surface area contributed by atoms with Crippen LogP contribution in [0.3, 0.4) is 0 Å². The Balaban J connectivity index is 1.35. The lowest BCUT2D eigenvalue weighted by molar-refractivity contribution is -0.153. The minimum absolute atomic E-state index is 0.0242. The maximum atomic E-state index is 13.4. The second-order valence-corrected chi connectivity index (χ2v) is 10.6. The van der Waals surface area contributed by atoms with E-state index in [2.05, 4.69) is 16.2 Å². The van der Waals surface area contributed by atoms with E-state index in [0.717, 1.165) is 16.7 Å². The van der Waals surface area contributed by atoms with Crippen molar-refractivity contribution in [2.75, 3.05) is 6.54 Å². The first-order valence-corrected chi connectivity index (χ1v) is 14.5. The molecule has 0 saturated heterocycles. The molecule has 4 aromatic carbocycles. The standard InChI is InChI=1S/C35H37N3O7/c1-35(33(41)44-24-27-13-7-3-8-14-27,22-29-17-18-30(39)31(21-29)43-23-26-11-5-2-6-12-26)38-37-32(40)19-20-36-34(42)45-25-28-15-9-4-10-16-28/h2-18,21,38-39H,19-20,22-25H2,1H3,(H,36,42)(H,37,40)/t35-/m0/s1. The second kappa shape index (κ2) is 16.5. The fourth-order valence-electron chi connectivity index (χ4n) is 4.30. The predicted octanol–water partition coefficient (Wildman–Crippen LogP) is 4.95. The van der Waals surface area contributed by atoms with Crippen LogP contribution in [0.15, 0.2) is 109 Å². The van der Waals surface area contributed by atoms with Gasteiger partial charge in [0.05, 0.1) is 0 Å². The van der Waals surface area contributed by atoms with E-state index in [1.165, 1.54) is 6.07 Å². The number of alkyl carbamates (subject to hydrolysis) is 1. The van der Waals surface area contributed by atoms with Crippen molar-refractivity contribution in [3.63, 3.8) is 0 Å². The highest BCUT2D eigenvalue weighted by molar-refractivity contribution is 5.82. The van der Waals surface area contributed by atoms with Crippen LogP contribution in [0.2, 0.25) is 0 Å². The van der Waals surface area contributed by atoms with Crippen molar-refractivity contribution >= 4 is 18.0 Å². The summed E-state index contributed by atoms with van der Waals surface area (Å²) in [5.41, 5.74) is 7.23. The summed E-state index contributed by atoms with van der Waals surface area (Å²) < 4.78 is 16.6. The molecule has 0 radical (unpaired) electrons. The van der Waals surface area contributed by atoms with Gasteiger partial charge in [-0.3, -0.25) is 10.2 Å². The van der Waals surface area contributed by atoms with Crippen molar-refractivity contribution in [2.45, 2.75) is 45.1 Å². The van der Waals surface area contributed by atoms with Gasteiger partial charge >= 0.3 is 12.1 Å². The molecule has 234 valence electrons. The second-order valence-electron chi connectivity index (χ2n) is 10.6. The lowest BCUT2D eigenvalue weighted by Gasteiger charge is -2.29. The van der Waals surface area contributed by atoms with Crippen LogP contribution in [0.1, 0.15) is 35.6 Å². The molecule has 4 rings (SSSR count). The predicted molar refractivity (Wildman–Crippen MR) is 168 cm³/mol. The number of hydrazine groups is 1. The van der Waals surface area contributed by atoms with E-state index in [9.17, 15) is 19.5 Å². The molecule has 0 aliphatic rings. The number of hydrogen-bond donors (Lipinski definition) is 4. The molecule has 0 spiro atoms. The molecule has 0 aliphatic heterocycles. The van der Waals surface area contributed by atoms with Crippen LogP contribution in [-0.2, 0) is 45.3 Å². The highest BCUT2D eigenvalue weighted by Crippen LogP contribution is 2.29. The molecular formula is C35H37N3O7. The van der Waals surface area contributed by atoms with E-state index < -0.39 is 23.5 Å². The fourth-order valence-corrected chi connectivity index (χ4v) is 4.30. The molecule has 10 heteroatoms. The number of rotatable bonds is 15. The van der Waals surface area contributed by atoms with E-state index in [4.69, 9.17) is 14.2 Å². The number of aromatic hydroxyl groups is 1. The molecule has 0 heterocycles. The summed E-state index contributed by atoms with van der Waals surface area (Å²) in [5, 5.41) is 12.9. The molecule has 0 unspecified atom stereocenters. The zero-order valence-corrected chi connectivity index (χ0v) is 25.0. The topological polar surface area (TPSA) is 135 Å². The number of benzene rings is 4. The summed E-state index contributed by atoms with van der Waals surface area (Å²) >= 11 is 0. The first-order valence-electron chi connectivity index (χ1n) is 14.5. The lowest BCUT2D eigenvalue weighted by atomic mass is 9.93. The van der Waals surface area contributed by atoms with Gasteiger partial charge < -0.3 is 24.6 Å². The molecule has 0 aromatic heterocycles. The summed E-state index contributed by atoms with van der Waals surface area (Å²) in [4.78, 5) is 38.1. The van der Waals surface area contributed by atoms with Crippen molar-refractivity contribution in [3.05, 3.63) is 131 Å². The summed E-state index contributed by atoms with van der Waals surface area (Å²) in [6, 6.07) is 32.8. The molecule has 0 aliphatic carbocycles. The van der Waals surface area contributed by atoms with Crippen molar-refractivity contribution in [2.24, 2.45) is 0 Å². The van der Waals surface area contributed by atoms with Gasteiger partial charge in [0.1, 0.15) is 25.4 Å². The van der Waals surface area contributed by atoms with Crippen LogP contribution in [0, 0.1) is 0 Å². The first-order chi connectivity index (χ1) is 21.8. The molecule has 10 nitrogen and oxygen atoms in total. The van der Waals surface area contributed by atoms with Crippen LogP contribution in [0.25, 0.3) is 0 Å². The fraction of sp³-hybridized carbons (Fsp3) is 0.229. The maximum absolute atomic E-state index is 13.4. The Labute approximate surface area is 262 Å². The van der Waals surface area contributed by atoms with E-state index in [1.54, 1.807) is 19.1 Å². The minimum Gasteiger partial charge on any atom is -0.504 e. The molecule has 45 heavy (non-hydrogen) atoms. The minimum atomic E-state index is -1.40. The van der Waals surface area contributed by atoms with Crippen molar-refractivity contribution in [3.8, 4) is 11.5 Å². The molecule has 0 bridgehead atoms. The number of ether oxygens (including phenoxy) is 3. The Kier molecular flexibility index (Phi) is 11.9. The monoisotopic (exact) mass is 611 g/mol. The van der Waals surface area contributed by atoms with Gasteiger partial charge in [-0.1, -0.05) is 97.1 Å². The van der Waals surface area contributed by atoms with Crippen molar-refractivity contribution in [1.29, 1.82) is 0 Å². The quantitative estimate of drug-likeness (QED) is 0.110. The maximum Gasteiger partial charge on any atom is 0.407 e. The van der Waals surface area contributed by atoms with E-state index in [0.29, 0.717) is 5.56 Å². The SMILES string of the molecule is C[C@@](Cc1ccc(O)c(OCc2ccccc2)c1)(NNC(=O)CCNC(=O)OCc1ccccc1)C(=O)OCc1ccccc1. The van der Waals surface area contributed by atoms with Crippen molar-refractivity contribution < 1.29 is 33.7 Å². The third kappa shape index (κ3) is 10.7. The van der Waals surface area contributed by atoms with Gasteiger partial charge in [0.15, 0.2) is 11.5 Å². The van der Waals surface area contributed by atoms with E-state index in [1.807, 2.05) is 91.0 Å². The summed E-state index contributed by atoms with van der Waals surface area (Å²) in [6.45, 7) is 2.03. The number of amides is 2. The van der Waals surface area contributed by atoms with Gasteiger partial charge in [-0.15, -0.1) is 0 Å². The number of carbonyl (C=O) groups is 3. The van der Waals surface area contributed by atoms with Crippen LogP contribution in [0.5, 0.6) is 11.5 Å². The van der Waals surface area contributed by atoms with Gasteiger partial charge in [0, 0.05) is 19.4 Å². The first kappa shape index (κ1) is 32.6. The Morgan fingerprint density at radius 2 is 1.27 bits per heavy atom. The Morgan fingerprint density at radius 3 is 1.87 bits per heavy atom. The number of carbonyl (C=O) groups excluding carboxylic acids is 3. The molecule has 2 amide bonds. The number of phenols is 1. The van der Waals surface area contributed by atoms with Crippen LogP contribution in [0.4, 0.5) is 4.79 Å². The normalized spacial score (nSPS) is 11.9. The molecule has 1 atom stereocenters. The Hall–Kier alpha value is -5.35. The van der Waals surface area contributed by atoms with Gasteiger partial charge in [-0.25, -0.2) is 15.0 Å². The molecular weight excluding hydrogens is 574 g/mol. The highest BCUT2D eigenvalue weighted by atomic mass is 16.5. The molecule has 0 saturated carbocycles. The largest absolute Gasteiger partial charge is 0.504 e. The molecule has 0 fully saturated rings. The van der Waals surface area contributed by atoms with Gasteiger partial charge in [-0.2, -0.15) is 0 Å². The smallest absolute Gasteiger partial charge is 0.407 e. The van der Waals surface area contributed by atoms with E-state index in [-0.39, 0.29) is 50.7 Å². The van der Waals surface area contributed by atoms with Gasteiger partial charge in [0.25, 0.3) is 0 Å². The Bertz CT molecular complexity index is 1540. The zero-order valence-electron chi connectivity index (χ0n) is 25.0. The van der Waals surface area contributed by atoms with Gasteiger partial charge in [0.2, 0.25) is 5.91 Å². The number of hydrogen-bond acceptors (Lipinski definition) is 8. The number of phenolic OH excluding ortho intramolecular Hbond substituents is 1. The highest BCUT2D eigenvalue weighted by Gasteiger charge is 2.36. The summed E-state index contributed by atoms with van der Waals surface area (Å²) in [6.07, 6.45) is -0.627. The third-order valence-electron chi connectivity index (χ3n) is 6.79. The van der Waals surface area contributed by atoms with Crippen LogP contribution in [-0.4, -0.2) is 35.2 Å². The molecule has 4 aromatic rings. The van der Waals surface area contributed by atoms with Crippen LogP contribution < -0.4 is 20.9 Å². The van der Waals surface area contributed by atoms with Crippen LogP contribution >= 0.6 is 0 Å². The van der Waals surface area contributed by atoms with Gasteiger partial charge in [-0.05, 0) is 41.3 Å². The average molecular weight is 612 g/mol. The zero-order chi connectivity index (χ0) is 31.9. The third-order valence-corrected chi connectivity index (χ3v) is 6.79. The lowest BCUT2D eigenvalue weighted by Crippen LogP contribution is -2.59. The van der Waals surface area contributed by atoms with Crippen molar-refractivity contribution in [1.82, 2.24) is 16.2 Å². The van der Waals surface area contributed by atoms with E-state index >= 15 is 0 Å². The molecule has 4 N–H and O–H groups in total. The number of esters is 1. The average Bonchev–Trinajstić information content (AvgIpc) is 3.07.